The van der Waals surface area contributed by atoms with Crippen LogP contribution in [0.2, 0.25) is 0 Å². The van der Waals surface area contributed by atoms with Crippen LogP contribution in [0.5, 0.6) is 0 Å². The summed E-state index contributed by atoms with van der Waals surface area (Å²) in [5, 5.41) is 9.55. The van der Waals surface area contributed by atoms with Crippen LogP contribution in [0.15, 0.2) is 24.3 Å². The molecule has 0 bridgehead atoms. The lowest BCUT2D eigenvalue weighted by atomic mass is 10.2. The highest BCUT2D eigenvalue weighted by Gasteiger charge is 1.99. The molecule has 0 aliphatic rings. The molecule has 0 heterocycles. The zero-order valence-corrected chi connectivity index (χ0v) is 12.5. The molecule has 0 fully saturated rings. The number of ether oxygens (including phenoxy) is 1. The number of carboxylic acids is 1. The summed E-state index contributed by atoms with van der Waals surface area (Å²) in [7, 11) is 0.478. The van der Waals surface area contributed by atoms with Crippen LogP contribution in [-0.4, -0.2) is 30.5 Å². The van der Waals surface area contributed by atoms with Crippen LogP contribution in [0.4, 0.5) is 4.39 Å². The van der Waals surface area contributed by atoms with Gasteiger partial charge in [-0.1, -0.05) is 40.6 Å². The molecule has 19 heavy (non-hydrogen) atoms. The molecule has 0 spiro atoms. The number of halogens is 1. The van der Waals surface area contributed by atoms with Gasteiger partial charge in [-0.25, -0.2) is 0 Å². The molecule has 1 rings (SSSR count). The number of hydrogen-bond acceptors (Lipinski definition) is 2. The Morgan fingerprint density at radius 1 is 1.42 bits per heavy atom. The molecular formula is C14H22FO3P. The Morgan fingerprint density at radius 2 is 2.16 bits per heavy atom. The van der Waals surface area contributed by atoms with E-state index in [1.54, 1.807) is 0 Å². The molecule has 0 saturated heterocycles. The Balaban J connectivity index is 0.00000154. The van der Waals surface area contributed by atoms with E-state index in [0.29, 0.717) is 21.3 Å². The van der Waals surface area contributed by atoms with Crippen LogP contribution >= 0.6 is 8.58 Å². The van der Waals surface area contributed by atoms with Crippen LogP contribution in [0.3, 0.4) is 0 Å². The van der Waals surface area contributed by atoms with Crippen molar-refractivity contribution in [2.24, 2.45) is 0 Å². The van der Waals surface area contributed by atoms with Crippen molar-refractivity contribution in [3.8, 4) is 0 Å². The second-order valence-corrected chi connectivity index (χ2v) is 4.94. The van der Waals surface area contributed by atoms with Gasteiger partial charge in [0.15, 0.2) is 0 Å². The van der Waals surface area contributed by atoms with Gasteiger partial charge in [-0.2, -0.15) is 0 Å². The quantitative estimate of drug-likeness (QED) is 0.591. The summed E-state index contributed by atoms with van der Waals surface area (Å²) in [5.74, 6) is -0.858. The lowest BCUT2D eigenvalue weighted by Crippen LogP contribution is -2.04. The van der Waals surface area contributed by atoms with E-state index in [9.17, 15) is 9.18 Å². The SMILES string of the molecule is CC.O=C(O)CCOCc1cccc(PCCF)c1. The first-order valence-electron chi connectivity index (χ1n) is 6.40. The van der Waals surface area contributed by atoms with Gasteiger partial charge in [-0.3, -0.25) is 9.18 Å². The van der Waals surface area contributed by atoms with E-state index >= 15 is 0 Å². The van der Waals surface area contributed by atoms with E-state index in [0.717, 1.165) is 10.9 Å². The smallest absolute Gasteiger partial charge is 0.305 e. The normalized spacial score (nSPS) is 10.3. The minimum absolute atomic E-state index is 0.0172. The largest absolute Gasteiger partial charge is 0.481 e. The molecule has 1 aromatic rings. The van der Waals surface area contributed by atoms with E-state index in [2.05, 4.69) is 0 Å². The fourth-order valence-corrected chi connectivity index (χ4v) is 2.20. The maximum atomic E-state index is 12.0. The Labute approximate surface area is 116 Å². The molecule has 1 unspecified atom stereocenters. The van der Waals surface area contributed by atoms with Gasteiger partial charge in [-0.15, -0.1) is 0 Å². The van der Waals surface area contributed by atoms with E-state index in [1.807, 2.05) is 38.1 Å². The number of aliphatic carboxylic acids is 1. The average molecular weight is 288 g/mol. The Bertz CT molecular complexity index is 358. The van der Waals surface area contributed by atoms with Gasteiger partial charge in [-0.05, 0) is 23.1 Å². The molecule has 0 saturated carbocycles. The standard InChI is InChI=1S/C12H16FO3P.C2H6/c13-5-7-17-11-3-1-2-10(8-11)9-16-6-4-12(14)15;1-2/h1-3,8,17H,4-7,9H2,(H,14,15);1-2H3. The number of benzene rings is 1. The van der Waals surface area contributed by atoms with Crippen molar-refractivity contribution >= 4 is 19.9 Å². The lowest BCUT2D eigenvalue weighted by Gasteiger charge is -2.05. The lowest BCUT2D eigenvalue weighted by molar-refractivity contribution is -0.138. The first-order chi connectivity index (χ1) is 9.22. The summed E-state index contributed by atoms with van der Waals surface area (Å²) >= 11 is 0. The van der Waals surface area contributed by atoms with Crippen LogP contribution in [0.1, 0.15) is 25.8 Å². The van der Waals surface area contributed by atoms with Crippen LogP contribution in [0, 0.1) is 0 Å². The minimum atomic E-state index is -0.858. The molecule has 0 aromatic heterocycles. The fourth-order valence-electron chi connectivity index (χ4n) is 1.31. The van der Waals surface area contributed by atoms with E-state index in [4.69, 9.17) is 9.84 Å². The molecule has 0 radical (unpaired) electrons. The second kappa shape index (κ2) is 12.1. The van der Waals surface area contributed by atoms with E-state index < -0.39 is 5.97 Å². The third kappa shape index (κ3) is 9.57. The highest BCUT2D eigenvalue weighted by atomic mass is 31.1. The van der Waals surface area contributed by atoms with Crippen LogP contribution in [0.25, 0.3) is 0 Å². The van der Waals surface area contributed by atoms with Gasteiger partial charge < -0.3 is 9.84 Å². The molecule has 0 aliphatic heterocycles. The zero-order chi connectivity index (χ0) is 14.5. The van der Waals surface area contributed by atoms with Crippen molar-refractivity contribution < 1.29 is 19.0 Å². The molecule has 5 heteroatoms. The van der Waals surface area contributed by atoms with Crippen LogP contribution < -0.4 is 5.30 Å². The Hall–Kier alpha value is -0.990. The molecule has 1 aromatic carbocycles. The van der Waals surface area contributed by atoms with Gasteiger partial charge in [0, 0.05) is 0 Å². The summed E-state index contributed by atoms with van der Waals surface area (Å²) in [5.41, 5.74) is 0.999. The van der Waals surface area contributed by atoms with E-state index in [-0.39, 0.29) is 19.7 Å². The number of rotatable bonds is 8. The van der Waals surface area contributed by atoms with Crippen LogP contribution in [-0.2, 0) is 16.1 Å². The van der Waals surface area contributed by atoms with Gasteiger partial charge in [0.2, 0.25) is 0 Å². The van der Waals surface area contributed by atoms with Crippen molar-refractivity contribution in [3.63, 3.8) is 0 Å². The minimum Gasteiger partial charge on any atom is -0.481 e. The molecule has 0 amide bonds. The molecule has 108 valence electrons. The predicted molar refractivity (Wildman–Crippen MR) is 78.5 cm³/mol. The number of alkyl halides is 1. The zero-order valence-electron chi connectivity index (χ0n) is 11.5. The van der Waals surface area contributed by atoms with Crippen molar-refractivity contribution in [3.05, 3.63) is 29.8 Å². The number of hydrogen-bond donors (Lipinski definition) is 1. The van der Waals surface area contributed by atoms with Gasteiger partial charge in [0.1, 0.15) is 0 Å². The topological polar surface area (TPSA) is 46.5 Å². The number of carbonyl (C=O) groups is 1. The maximum absolute atomic E-state index is 12.0. The Morgan fingerprint density at radius 3 is 2.79 bits per heavy atom. The van der Waals surface area contributed by atoms with Crippen molar-refractivity contribution in [1.29, 1.82) is 0 Å². The maximum Gasteiger partial charge on any atom is 0.305 e. The second-order valence-electron chi connectivity index (χ2n) is 3.51. The van der Waals surface area contributed by atoms with Crippen molar-refractivity contribution in [1.82, 2.24) is 0 Å². The predicted octanol–water partition coefficient (Wildman–Crippen LogP) is 2.98. The van der Waals surface area contributed by atoms with Crippen molar-refractivity contribution in [2.45, 2.75) is 26.9 Å². The number of carboxylic acid groups (broad SMARTS) is 1. The summed E-state index contributed by atoms with van der Waals surface area (Å²) < 4.78 is 17.3. The first kappa shape index (κ1) is 18.0. The summed E-state index contributed by atoms with van der Waals surface area (Å²) in [6.45, 7) is 4.32. The highest BCUT2D eigenvalue weighted by molar-refractivity contribution is 7.47. The monoisotopic (exact) mass is 288 g/mol. The van der Waals surface area contributed by atoms with E-state index in [1.165, 1.54) is 0 Å². The first-order valence-corrected chi connectivity index (χ1v) is 7.61. The van der Waals surface area contributed by atoms with Gasteiger partial charge >= 0.3 is 5.97 Å². The average Bonchev–Trinajstić information content (AvgIpc) is 2.44. The molecule has 0 aliphatic carbocycles. The summed E-state index contributed by atoms with van der Waals surface area (Å²) in [6.07, 6.45) is 0.576. The molecule has 1 atom stereocenters. The fraction of sp³-hybridized carbons (Fsp3) is 0.500. The Kier molecular flexibility index (Phi) is 11.4. The molecule has 1 N–H and O–H groups in total. The third-order valence-corrected chi connectivity index (χ3v) is 3.24. The highest BCUT2D eigenvalue weighted by Crippen LogP contribution is 2.11. The van der Waals surface area contributed by atoms with Crippen molar-refractivity contribution in [2.75, 3.05) is 19.4 Å². The summed E-state index contributed by atoms with van der Waals surface area (Å²) in [6, 6.07) is 7.78. The third-order valence-electron chi connectivity index (χ3n) is 2.08. The molecular weight excluding hydrogens is 266 g/mol. The summed E-state index contributed by atoms with van der Waals surface area (Å²) in [4.78, 5) is 10.3. The van der Waals surface area contributed by atoms with Gasteiger partial charge in [0.05, 0.1) is 26.3 Å². The molecule has 3 nitrogen and oxygen atoms in total. The van der Waals surface area contributed by atoms with Gasteiger partial charge in [0.25, 0.3) is 0 Å².